The molecule has 0 atom stereocenters. The molecule has 1 aromatic heterocycles. The average Bonchev–Trinajstić information content (AvgIpc) is 3.02. The first-order valence-electron chi connectivity index (χ1n) is 10.2. The van der Waals surface area contributed by atoms with Gasteiger partial charge < -0.3 is 4.74 Å². The molecule has 31 heavy (non-hydrogen) atoms. The monoisotopic (exact) mass is 441 g/mol. The molecular formula is C24H28ClN3O3. The van der Waals surface area contributed by atoms with Crippen molar-refractivity contribution in [3.8, 4) is 11.4 Å². The van der Waals surface area contributed by atoms with Gasteiger partial charge in [-0.05, 0) is 42.2 Å². The zero-order valence-corrected chi connectivity index (χ0v) is 19.1. The molecule has 2 aromatic carbocycles. The molecule has 0 amide bonds. The average molecular weight is 442 g/mol. The topological polar surface area (TPSA) is 66.1 Å². The molecule has 0 aliphatic carbocycles. The minimum absolute atomic E-state index is 0.0485. The van der Waals surface area contributed by atoms with Crippen molar-refractivity contribution in [2.75, 3.05) is 13.7 Å². The van der Waals surface area contributed by atoms with Crippen molar-refractivity contribution in [3.05, 3.63) is 75.2 Å². The van der Waals surface area contributed by atoms with Crippen LogP contribution in [0.15, 0.2) is 53.3 Å². The Morgan fingerprint density at radius 1 is 1.16 bits per heavy atom. The fourth-order valence-electron chi connectivity index (χ4n) is 3.62. The number of carbonyl (C=O) groups is 1. The minimum atomic E-state index is -0.343. The molecule has 0 radical (unpaired) electrons. The van der Waals surface area contributed by atoms with Gasteiger partial charge in [0.1, 0.15) is 6.54 Å². The Labute approximate surface area is 187 Å². The lowest BCUT2D eigenvalue weighted by molar-refractivity contribution is -0.120. The summed E-state index contributed by atoms with van der Waals surface area (Å²) < 4.78 is 7.92. The predicted molar refractivity (Wildman–Crippen MR) is 123 cm³/mol. The van der Waals surface area contributed by atoms with Crippen molar-refractivity contribution in [2.24, 2.45) is 0 Å². The van der Waals surface area contributed by atoms with Crippen LogP contribution in [0.2, 0.25) is 5.02 Å². The fraction of sp³-hybridized carbons (Fsp3) is 0.375. The summed E-state index contributed by atoms with van der Waals surface area (Å²) in [6, 6.07) is 15.3. The number of aromatic nitrogens is 3. The number of Topliss-reactive ketones (excluding diaryl/α,β-unsaturated/α-hetero) is 1. The number of ketones is 1. The quantitative estimate of drug-likeness (QED) is 0.497. The van der Waals surface area contributed by atoms with E-state index in [1.54, 1.807) is 31.4 Å². The maximum atomic E-state index is 13.0. The number of benzene rings is 2. The van der Waals surface area contributed by atoms with Gasteiger partial charge in [-0.3, -0.25) is 9.36 Å². The molecule has 0 saturated carbocycles. The Morgan fingerprint density at radius 2 is 1.87 bits per heavy atom. The minimum Gasteiger partial charge on any atom is -0.383 e. The van der Waals surface area contributed by atoms with Crippen LogP contribution in [0.4, 0.5) is 0 Å². The van der Waals surface area contributed by atoms with Crippen molar-refractivity contribution in [3.63, 3.8) is 0 Å². The summed E-state index contributed by atoms with van der Waals surface area (Å²) in [5, 5.41) is 5.07. The van der Waals surface area contributed by atoms with E-state index in [0.717, 1.165) is 16.7 Å². The molecule has 164 valence electrons. The number of methoxy groups -OCH3 is 1. The van der Waals surface area contributed by atoms with Crippen LogP contribution in [-0.4, -0.2) is 33.8 Å². The summed E-state index contributed by atoms with van der Waals surface area (Å²) in [5.74, 6) is 0.442. The highest BCUT2D eigenvalue weighted by molar-refractivity contribution is 6.30. The van der Waals surface area contributed by atoms with Crippen molar-refractivity contribution in [1.82, 2.24) is 14.3 Å². The first-order valence-corrected chi connectivity index (χ1v) is 10.6. The van der Waals surface area contributed by atoms with E-state index in [9.17, 15) is 9.59 Å². The molecule has 3 rings (SSSR count). The van der Waals surface area contributed by atoms with Crippen LogP contribution >= 0.6 is 11.6 Å². The second-order valence-electron chi connectivity index (χ2n) is 8.38. The second-order valence-corrected chi connectivity index (χ2v) is 8.82. The van der Waals surface area contributed by atoms with E-state index >= 15 is 0 Å². The van der Waals surface area contributed by atoms with Crippen molar-refractivity contribution >= 4 is 17.4 Å². The summed E-state index contributed by atoms with van der Waals surface area (Å²) in [6.45, 7) is 6.74. The highest BCUT2D eigenvalue weighted by Crippen LogP contribution is 2.28. The third-order valence-corrected chi connectivity index (χ3v) is 5.56. The van der Waals surface area contributed by atoms with E-state index in [0.29, 0.717) is 30.4 Å². The van der Waals surface area contributed by atoms with Crippen LogP contribution < -0.4 is 5.69 Å². The largest absolute Gasteiger partial charge is 0.383 e. The Bertz CT molecular complexity index is 1110. The number of rotatable bonds is 9. The van der Waals surface area contributed by atoms with Gasteiger partial charge in [0, 0.05) is 24.1 Å². The standard InChI is InChI=1S/C24H28ClN3O3/c1-17-6-5-7-19(14-17)24(2,3)15-21(29)16-28-23(30)27(12-13-31-4)22(26-28)18-8-10-20(25)11-9-18/h5-11,14H,12-13,15-16H2,1-4H3. The number of halogens is 1. The van der Waals surface area contributed by atoms with Gasteiger partial charge in [-0.1, -0.05) is 55.3 Å². The summed E-state index contributed by atoms with van der Waals surface area (Å²) in [5.41, 5.74) is 2.33. The molecule has 1 heterocycles. The lowest BCUT2D eigenvalue weighted by atomic mass is 9.79. The van der Waals surface area contributed by atoms with Gasteiger partial charge in [0.2, 0.25) is 0 Å². The molecule has 0 N–H and O–H groups in total. The molecule has 6 nitrogen and oxygen atoms in total. The normalized spacial score (nSPS) is 11.6. The fourth-order valence-corrected chi connectivity index (χ4v) is 3.75. The van der Waals surface area contributed by atoms with Crippen LogP contribution in [0.1, 0.15) is 31.4 Å². The van der Waals surface area contributed by atoms with Gasteiger partial charge in [-0.15, -0.1) is 5.10 Å². The Kier molecular flexibility index (Phi) is 7.13. The van der Waals surface area contributed by atoms with Crippen LogP contribution in [-0.2, 0) is 28.0 Å². The molecule has 0 aliphatic rings. The Morgan fingerprint density at radius 3 is 2.52 bits per heavy atom. The third-order valence-electron chi connectivity index (χ3n) is 5.31. The van der Waals surface area contributed by atoms with Gasteiger partial charge in [0.25, 0.3) is 0 Å². The molecule has 0 saturated heterocycles. The first-order chi connectivity index (χ1) is 14.7. The molecule has 0 fully saturated rings. The maximum absolute atomic E-state index is 13.0. The molecule has 0 spiro atoms. The third kappa shape index (κ3) is 5.51. The van der Waals surface area contributed by atoms with Crippen LogP contribution in [0, 0.1) is 6.92 Å². The van der Waals surface area contributed by atoms with E-state index < -0.39 is 0 Å². The van der Waals surface area contributed by atoms with Gasteiger partial charge in [-0.2, -0.15) is 0 Å². The number of aryl methyl sites for hydroxylation is 1. The highest BCUT2D eigenvalue weighted by Gasteiger charge is 2.26. The van der Waals surface area contributed by atoms with Gasteiger partial charge >= 0.3 is 5.69 Å². The number of nitrogens with zero attached hydrogens (tertiary/aromatic N) is 3. The SMILES string of the molecule is COCCn1c(-c2ccc(Cl)cc2)nn(CC(=O)CC(C)(C)c2cccc(C)c2)c1=O. The van der Waals surface area contributed by atoms with E-state index in [2.05, 4.69) is 11.2 Å². The predicted octanol–water partition coefficient (Wildman–Crippen LogP) is 4.26. The van der Waals surface area contributed by atoms with Gasteiger partial charge in [0.15, 0.2) is 11.6 Å². The highest BCUT2D eigenvalue weighted by atomic mass is 35.5. The first kappa shape index (κ1) is 23.0. The van der Waals surface area contributed by atoms with Crippen molar-refractivity contribution < 1.29 is 9.53 Å². The Hall–Kier alpha value is -2.70. The number of carbonyl (C=O) groups excluding carboxylic acids is 1. The summed E-state index contributed by atoms with van der Waals surface area (Å²) in [7, 11) is 1.58. The van der Waals surface area contributed by atoms with Crippen LogP contribution in [0.5, 0.6) is 0 Å². The van der Waals surface area contributed by atoms with E-state index in [1.165, 1.54) is 9.25 Å². The zero-order valence-electron chi connectivity index (χ0n) is 18.4. The van der Waals surface area contributed by atoms with E-state index in [-0.39, 0.29) is 23.4 Å². The van der Waals surface area contributed by atoms with Gasteiger partial charge in [0.05, 0.1) is 13.2 Å². The van der Waals surface area contributed by atoms with Crippen LogP contribution in [0.25, 0.3) is 11.4 Å². The zero-order chi connectivity index (χ0) is 22.6. The second kappa shape index (κ2) is 9.62. The van der Waals surface area contributed by atoms with Crippen molar-refractivity contribution in [1.29, 1.82) is 0 Å². The molecule has 0 bridgehead atoms. The van der Waals surface area contributed by atoms with Crippen LogP contribution in [0.3, 0.4) is 0 Å². The molecule has 0 unspecified atom stereocenters. The number of ether oxygens (including phenoxy) is 1. The molecule has 3 aromatic rings. The summed E-state index contributed by atoms with van der Waals surface area (Å²) in [6.07, 6.45) is 0.310. The summed E-state index contributed by atoms with van der Waals surface area (Å²) >= 11 is 5.99. The molecule has 0 aliphatic heterocycles. The van der Waals surface area contributed by atoms with E-state index in [4.69, 9.17) is 16.3 Å². The van der Waals surface area contributed by atoms with Gasteiger partial charge in [-0.25, -0.2) is 9.48 Å². The smallest absolute Gasteiger partial charge is 0.346 e. The lowest BCUT2D eigenvalue weighted by Gasteiger charge is -2.24. The van der Waals surface area contributed by atoms with E-state index in [1.807, 2.05) is 39.0 Å². The maximum Gasteiger partial charge on any atom is 0.346 e. The molecular weight excluding hydrogens is 414 g/mol. The molecule has 7 heteroatoms. The Balaban J connectivity index is 1.86. The van der Waals surface area contributed by atoms with Crippen molar-refractivity contribution in [2.45, 2.75) is 45.7 Å². The number of hydrogen-bond donors (Lipinski definition) is 0. The number of hydrogen-bond acceptors (Lipinski definition) is 4. The summed E-state index contributed by atoms with van der Waals surface area (Å²) in [4.78, 5) is 25.9. The lowest BCUT2D eigenvalue weighted by Crippen LogP contribution is -2.31.